The second kappa shape index (κ2) is 7.98. The summed E-state index contributed by atoms with van der Waals surface area (Å²) in [5.74, 6) is 1.18. The van der Waals surface area contributed by atoms with Crippen LogP contribution in [0.15, 0.2) is 63.7 Å². The number of halogens is 1. The molecule has 1 aromatic carbocycles. The van der Waals surface area contributed by atoms with Crippen LogP contribution in [0.3, 0.4) is 0 Å². The highest BCUT2D eigenvalue weighted by Gasteiger charge is 2.24. The maximum atomic E-state index is 13.1. The molecule has 1 saturated heterocycles. The van der Waals surface area contributed by atoms with Gasteiger partial charge in [0.1, 0.15) is 5.82 Å². The predicted molar refractivity (Wildman–Crippen MR) is 108 cm³/mol. The van der Waals surface area contributed by atoms with Crippen molar-refractivity contribution in [3.05, 3.63) is 66.4 Å². The minimum absolute atomic E-state index is 0.112. The monoisotopic (exact) mass is 420 g/mol. The molecule has 1 aliphatic heterocycles. The van der Waals surface area contributed by atoms with Crippen molar-refractivity contribution in [3.8, 4) is 23.0 Å². The van der Waals surface area contributed by atoms with Crippen LogP contribution in [0.1, 0.15) is 10.6 Å². The minimum atomic E-state index is -0.333. The molecule has 0 N–H and O–H groups in total. The van der Waals surface area contributed by atoms with E-state index in [1.807, 2.05) is 6.07 Å². The van der Waals surface area contributed by atoms with Crippen molar-refractivity contribution in [1.29, 1.82) is 0 Å². The number of anilines is 1. The van der Waals surface area contributed by atoms with Gasteiger partial charge in [0.2, 0.25) is 5.82 Å². The molecule has 0 atom stereocenters. The maximum Gasteiger partial charge on any atom is 0.289 e. The van der Waals surface area contributed by atoms with Gasteiger partial charge in [0, 0.05) is 31.7 Å². The Balaban J connectivity index is 1.24. The van der Waals surface area contributed by atoms with Crippen LogP contribution in [0.2, 0.25) is 0 Å². The first-order chi connectivity index (χ1) is 15.2. The fraction of sp³-hybridized carbons (Fsp3) is 0.190. The van der Waals surface area contributed by atoms with Gasteiger partial charge in [0.25, 0.3) is 11.8 Å². The molecule has 9 nitrogen and oxygen atoms in total. The number of hydrogen-bond donors (Lipinski definition) is 0. The van der Waals surface area contributed by atoms with Gasteiger partial charge >= 0.3 is 0 Å². The molecular formula is C21H17FN6O3. The van der Waals surface area contributed by atoms with Gasteiger partial charge in [-0.15, -0.1) is 10.2 Å². The molecule has 10 heteroatoms. The Morgan fingerprint density at radius 1 is 0.968 bits per heavy atom. The maximum absolute atomic E-state index is 13.1. The zero-order valence-electron chi connectivity index (χ0n) is 16.3. The van der Waals surface area contributed by atoms with Crippen molar-refractivity contribution in [2.24, 2.45) is 0 Å². The largest absolute Gasteiger partial charge is 0.459 e. The van der Waals surface area contributed by atoms with Gasteiger partial charge in [0.05, 0.1) is 6.26 Å². The number of aromatic nitrogens is 4. The number of benzene rings is 1. The molecule has 0 bridgehead atoms. The molecule has 1 fully saturated rings. The molecule has 4 aromatic rings. The first kappa shape index (κ1) is 18.9. The third kappa shape index (κ3) is 3.87. The average molecular weight is 420 g/mol. The van der Waals surface area contributed by atoms with Crippen LogP contribution in [0.25, 0.3) is 23.0 Å². The van der Waals surface area contributed by atoms with Crippen molar-refractivity contribution >= 4 is 11.7 Å². The third-order valence-corrected chi connectivity index (χ3v) is 5.02. The predicted octanol–water partition coefficient (Wildman–Crippen LogP) is 2.89. The number of rotatable bonds is 4. The van der Waals surface area contributed by atoms with E-state index in [0.29, 0.717) is 54.8 Å². The van der Waals surface area contributed by atoms with Gasteiger partial charge in [-0.1, -0.05) is 5.16 Å². The average Bonchev–Trinajstić information content (AvgIpc) is 3.52. The van der Waals surface area contributed by atoms with E-state index in [9.17, 15) is 9.18 Å². The Bertz CT molecular complexity index is 1170. The molecule has 0 spiro atoms. The summed E-state index contributed by atoms with van der Waals surface area (Å²) in [5, 5.41) is 12.4. The number of hydrogen-bond acceptors (Lipinski definition) is 8. The Kier molecular flexibility index (Phi) is 4.87. The standard InChI is InChI=1S/C21H17FN6O3/c22-15-5-3-14(4-6-15)19-23-20(31-26-19)16-7-8-18(25-24-16)27-9-11-28(12-10-27)21(29)17-2-1-13-30-17/h1-8,13H,9-12H2. The van der Waals surface area contributed by atoms with Crippen LogP contribution in [-0.2, 0) is 0 Å². The first-order valence-electron chi connectivity index (χ1n) is 9.69. The van der Waals surface area contributed by atoms with Crippen LogP contribution >= 0.6 is 0 Å². The van der Waals surface area contributed by atoms with E-state index in [2.05, 4.69) is 25.2 Å². The summed E-state index contributed by atoms with van der Waals surface area (Å²) in [6, 6.07) is 12.8. The van der Waals surface area contributed by atoms with Gasteiger partial charge in [0.15, 0.2) is 17.3 Å². The third-order valence-electron chi connectivity index (χ3n) is 5.02. The van der Waals surface area contributed by atoms with Gasteiger partial charge < -0.3 is 18.7 Å². The zero-order chi connectivity index (χ0) is 21.2. The van der Waals surface area contributed by atoms with E-state index in [0.717, 1.165) is 0 Å². The lowest BCUT2D eigenvalue weighted by molar-refractivity contribution is 0.0714. The number of furan rings is 1. The highest BCUT2D eigenvalue weighted by Crippen LogP contribution is 2.22. The molecule has 5 rings (SSSR count). The number of nitrogens with zero attached hydrogens (tertiary/aromatic N) is 6. The van der Waals surface area contributed by atoms with Crippen molar-refractivity contribution in [3.63, 3.8) is 0 Å². The Morgan fingerprint density at radius 2 is 1.77 bits per heavy atom. The summed E-state index contributed by atoms with van der Waals surface area (Å²) in [4.78, 5) is 20.5. The normalized spacial score (nSPS) is 14.1. The second-order valence-corrected chi connectivity index (χ2v) is 6.96. The van der Waals surface area contributed by atoms with Crippen LogP contribution in [0.4, 0.5) is 10.2 Å². The van der Waals surface area contributed by atoms with Crippen molar-refractivity contribution in [2.45, 2.75) is 0 Å². The van der Waals surface area contributed by atoms with Gasteiger partial charge in [-0.05, 0) is 48.5 Å². The minimum Gasteiger partial charge on any atom is -0.459 e. The lowest BCUT2D eigenvalue weighted by Gasteiger charge is -2.34. The van der Waals surface area contributed by atoms with E-state index in [4.69, 9.17) is 8.94 Å². The zero-order valence-corrected chi connectivity index (χ0v) is 16.3. The summed E-state index contributed by atoms with van der Waals surface area (Å²) < 4.78 is 23.5. The van der Waals surface area contributed by atoms with Gasteiger partial charge in [-0.25, -0.2) is 4.39 Å². The summed E-state index contributed by atoms with van der Waals surface area (Å²) in [6.45, 7) is 2.40. The Hall–Kier alpha value is -4.08. The van der Waals surface area contributed by atoms with Gasteiger partial charge in [-0.2, -0.15) is 4.98 Å². The number of carbonyl (C=O) groups excluding carboxylic acids is 1. The molecule has 0 aliphatic carbocycles. The van der Waals surface area contributed by atoms with Crippen molar-refractivity contribution in [2.75, 3.05) is 31.1 Å². The second-order valence-electron chi connectivity index (χ2n) is 6.96. The van der Waals surface area contributed by atoms with Crippen LogP contribution < -0.4 is 4.90 Å². The summed E-state index contributed by atoms with van der Waals surface area (Å²) in [7, 11) is 0. The molecule has 1 amide bonds. The Morgan fingerprint density at radius 3 is 2.45 bits per heavy atom. The molecule has 0 radical (unpaired) electrons. The molecule has 31 heavy (non-hydrogen) atoms. The SMILES string of the molecule is O=C(c1ccco1)N1CCN(c2ccc(-c3nc(-c4ccc(F)cc4)no3)nn2)CC1. The van der Waals surface area contributed by atoms with E-state index in [1.54, 1.807) is 35.2 Å². The lowest BCUT2D eigenvalue weighted by Crippen LogP contribution is -2.49. The molecular weight excluding hydrogens is 403 g/mol. The smallest absolute Gasteiger partial charge is 0.289 e. The highest BCUT2D eigenvalue weighted by atomic mass is 19.1. The van der Waals surface area contributed by atoms with Crippen molar-refractivity contribution < 1.29 is 18.1 Å². The van der Waals surface area contributed by atoms with Gasteiger partial charge in [-0.3, -0.25) is 4.79 Å². The van der Waals surface area contributed by atoms with E-state index in [1.165, 1.54) is 18.4 Å². The molecule has 1 aliphatic rings. The summed E-state index contributed by atoms with van der Waals surface area (Å²) in [6.07, 6.45) is 1.49. The first-order valence-corrected chi connectivity index (χ1v) is 9.69. The van der Waals surface area contributed by atoms with Crippen LogP contribution in [-0.4, -0.2) is 57.3 Å². The van der Waals surface area contributed by atoms with Crippen molar-refractivity contribution in [1.82, 2.24) is 25.2 Å². The quantitative estimate of drug-likeness (QED) is 0.497. The number of carbonyl (C=O) groups is 1. The lowest BCUT2D eigenvalue weighted by atomic mass is 10.2. The van der Waals surface area contributed by atoms with E-state index in [-0.39, 0.29) is 17.6 Å². The molecule has 4 heterocycles. The fourth-order valence-electron chi connectivity index (χ4n) is 3.35. The highest BCUT2D eigenvalue weighted by molar-refractivity contribution is 5.91. The number of amides is 1. The Labute approximate surface area is 176 Å². The number of piperazine rings is 1. The van der Waals surface area contributed by atoms with E-state index < -0.39 is 0 Å². The summed E-state index contributed by atoms with van der Waals surface area (Å²) >= 11 is 0. The molecule has 3 aromatic heterocycles. The van der Waals surface area contributed by atoms with E-state index >= 15 is 0 Å². The summed E-state index contributed by atoms with van der Waals surface area (Å²) in [5.41, 5.74) is 1.08. The molecule has 156 valence electrons. The van der Waals surface area contributed by atoms with Crippen LogP contribution in [0, 0.1) is 5.82 Å². The molecule has 0 saturated carbocycles. The fourth-order valence-corrected chi connectivity index (χ4v) is 3.35. The van der Waals surface area contributed by atoms with Crippen LogP contribution in [0.5, 0.6) is 0 Å². The molecule has 0 unspecified atom stereocenters. The topological polar surface area (TPSA) is 101 Å².